The molecule has 0 saturated heterocycles. The summed E-state index contributed by atoms with van der Waals surface area (Å²) in [6, 6.07) is 15.0. The molecular weight excluding hydrogens is 358 g/mol. The summed E-state index contributed by atoms with van der Waals surface area (Å²) in [5.74, 6) is 1.64. The zero-order valence-electron chi connectivity index (χ0n) is 13.5. The first kappa shape index (κ1) is 17.5. The van der Waals surface area contributed by atoms with Gasteiger partial charge in [-0.1, -0.05) is 46.6 Å². The van der Waals surface area contributed by atoms with Gasteiger partial charge in [-0.15, -0.1) is 11.8 Å². The topological polar surface area (TPSA) is 68.0 Å². The number of aryl methyl sites for hydroxylation is 1. The minimum Gasteiger partial charge on any atom is -0.334 e. The molecule has 0 aliphatic carbocycles. The lowest BCUT2D eigenvalue weighted by molar-refractivity contribution is -0.113. The van der Waals surface area contributed by atoms with Crippen molar-refractivity contribution in [2.45, 2.75) is 12.7 Å². The SMILES string of the molecule is Cc1ccc(NC(=O)CSCc2noc(-c3ccccc3Cl)n2)cc1. The normalized spacial score (nSPS) is 10.6. The predicted octanol–water partition coefficient (Wildman–Crippen LogP) is 4.57. The number of carbonyl (C=O) groups excluding carboxylic acids is 1. The first-order valence-electron chi connectivity index (χ1n) is 7.63. The van der Waals surface area contributed by atoms with Crippen molar-refractivity contribution in [3.8, 4) is 11.5 Å². The van der Waals surface area contributed by atoms with E-state index in [0.717, 1.165) is 11.3 Å². The predicted molar refractivity (Wildman–Crippen MR) is 101 cm³/mol. The van der Waals surface area contributed by atoms with Gasteiger partial charge in [0.25, 0.3) is 5.89 Å². The molecule has 3 aromatic rings. The minimum absolute atomic E-state index is 0.0660. The Labute approximate surface area is 154 Å². The van der Waals surface area contributed by atoms with E-state index in [0.29, 0.717) is 33.8 Å². The molecule has 0 saturated carbocycles. The van der Waals surface area contributed by atoms with Crippen molar-refractivity contribution in [1.82, 2.24) is 10.1 Å². The van der Waals surface area contributed by atoms with Crippen molar-refractivity contribution in [3.05, 3.63) is 64.9 Å². The van der Waals surface area contributed by atoms with Gasteiger partial charge in [-0.25, -0.2) is 0 Å². The lowest BCUT2D eigenvalue weighted by Gasteiger charge is -2.04. The lowest BCUT2D eigenvalue weighted by atomic mass is 10.2. The maximum Gasteiger partial charge on any atom is 0.259 e. The maximum atomic E-state index is 11.9. The van der Waals surface area contributed by atoms with Gasteiger partial charge in [0, 0.05) is 5.69 Å². The van der Waals surface area contributed by atoms with Gasteiger partial charge in [-0.3, -0.25) is 4.79 Å². The number of amides is 1. The lowest BCUT2D eigenvalue weighted by Crippen LogP contribution is -2.14. The van der Waals surface area contributed by atoms with Crippen LogP contribution < -0.4 is 5.32 Å². The fraction of sp³-hybridized carbons (Fsp3) is 0.167. The van der Waals surface area contributed by atoms with E-state index in [1.165, 1.54) is 11.8 Å². The number of hydrogen-bond acceptors (Lipinski definition) is 5. The van der Waals surface area contributed by atoms with Crippen LogP contribution in [0.25, 0.3) is 11.5 Å². The fourth-order valence-electron chi connectivity index (χ4n) is 2.13. The van der Waals surface area contributed by atoms with Crippen LogP contribution in [0.4, 0.5) is 5.69 Å². The highest BCUT2D eigenvalue weighted by Gasteiger charge is 2.12. The second kappa shape index (κ2) is 8.18. The Hall–Kier alpha value is -2.31. The van der Waals surface area contributed by atoms with Crippen molar-refractivity contribution in [1.29, 1.82) is 0 Å². The number of carbonyl (C=O) groups is 1. The van der Waals surface area contributed by atoms with E-state index >= 15 is 0 Å². The van der Waals surface area contributed by atoms with Crippen LogP contribution in [0, 0.1) is 6.92 Å². The van der Waals surface area contributed by atoms with Crippen molar-refractivity contribution in [2.24, 2.45) is 0 Å². The van der Waals surface area contributed by atoms with Crippen LogP contribution in [0.3, 0.4) is 0 Å². The Kier molecular flexibility index (Phi) is 5.73. The van der Waals surface area contributed by atoms with E-state index in [1.807, 2.05) is 49.4 Å². The van der Waals surface area contributed by atoms with Gasteiger partial charge in [0.05, 0.1) is 22.1 Å². The van der Waals surface area contributed by atoms with Gasteiger partial charge < -0.3 is 9.84 Å². The molecule has 25 heavy (non-hydrogen) atoms. The van der Waals surface area contributed by atoms with E-state index in [2.05, 4.69) is 15.5 Å². The number of halogens is 1. The average molecular weight is 374 g/mol. The third kappa shape index (κ3) is 4.84. The number of anilines is 1. The third-order valence-corrected chi connectivity index (χ3v) is 4.63. The number of rotatable bonds is 6. The molecule has 0 fully saturated rings. The fourth-order valence-corrected chi connectivity index (χ4v) is 3.00. The summed E-state index contributed by atoms with van der Waals surface area (Å²) >= 11 is 7.53. The van der Waals surface area contributed by atoms with Gasteiger partial charge in [0.2, 0.25) is 5.91 Å². The van der Waals surface area contributed by atoms with E-state index in [1.54, 1.807) is 6.07 Å². The minimum atomic E-state index is -0.0660. The van der Waals surface area contributed by atoms with E-state index < -0.39 is 0 Å². The van der Waals surface area contributed by atoms with Crippen molar-refractivity contribution < 1.29 is 9.32 Å². The quantitative estimate of drug-likeness (QED) is 0.685. The third-order valence-electron chi connectivity index (χ3n) is 3.37. The van der Waals surface area contributed by atoms with Crippen molar-refractivity contribution in [3.63, 3.8) is 0 Å². The molecule has 0 bridgehead atoms. The molecule has 1 aromatic heterocycles. The van der Waals surface area contributed by atoms with Crippen LogP contribution in [-0.2, 0) is 10.5 Å². The number of aromatic nitrogens is 2. The van der Waals surface area contributed by atoms with Gasteiger partial charge in [-0.2, -0.15) is 4.98 Å². The van der Waals surface area contributed by atoms with Crippen molar-refractivity contribution in [2.75, 3.05) is 11.1 Å². The zero-order valence-corrected chi connectivity index (χ0v) is 15.1. The summed E-state index contributed by atoms with van der Waals surface area (Å²) in [6.07, 6.45) is 0. The Morgan fingerprint density at radius 3 is 2.72 bits per heavy atom. The van der Waals surface area contributed by atoms with Gasteiger partial charge in [0.1, 0.15) is 0 Å². The number of thioether (sulfide) groups is 1. The van der Waals surface area contributed by atoms with Crippen LogP contribution in [0.1, 0.15) is 11.4 Å². The molecule has 2 aromatic carbocycles. The second-order valence-corrected chi connectivity index (χ2v) is 6.80. The Balaban J connectivity index is 1.50. The van der Waals surface area contributed by atoms with Crippen LogP contribution in [0.15, 0.2) is 53.1 Å². The monoisotopic (exact) mass is 373 g/mol. The molecule has 0 atom stereocenters. The number of hydrogen-bond donors (Lipinski definition) is 1. The van der Waals surface area contributed by atoms with Crippen LogP contribution in [0.2, 0.25) is 5.02 Å². The smallest absolute Gasteiger partial charge is 0.259 e. The largest absolute Gasteiger partial charge is 0.334 e. The number of nitrogens with one attached hydrogen (secondary N) is 1. The summed E-state index contributed by atoms with van der Waals surface area (Å²) in [5.41, 5.74) is 2.64. The molecule has 7 heteroatoms. The molecule has 0 aliphatic rings. The summed E-state index contributed by atoms with van der Waals surface area (Å²) in [5, 5.41) is 7.34. The molecule has 1 N–H and O–H groups in total. The molecule has 0 spiro atoms. The molecule has 0 aliphatic heterocycles. The molecule has 3 rings (SSSR count). The van der Waals surface area contributed by atoms with E-state index in [9.17, 15) is 4.79 Å². The summed E-state index contributed by atoms with van der Waals surface area (Å²) in [7, 11) is 0. The zero-order chi connectivity index (χ0) is 17.6. The number of nitrogens with zero attached hydrogens (tertiary/aromatic N) is 2. The molecule has 1 amide bonds. The van der Waals surface area contributed by atoms with E-state index in [-0.39, 0.29) is 5.91 Å². The highest BCUT2D eigenvalue weighted by molar-refractivity contribution is 7.99. The Morgan fingerprint density at radius 1 is 1.20 bits per heavy atom. The molecular formula is C18H16ClN3O2S. The Morgan fingerprint density at radius 2 is 1.96 bits per heavy atom. The van der Waals surface area contributed by atoms with E-state index in [4.69, 9.17) is 16.1 Å². The molecule has 0 unspecified atom stereocenters. The summed E-state index contributed by atoms with van der Waals surface area (Å²) in [6.45, 7) is 2.00. The molecule has 128 valence electrons. The summed E-state index contributed by atoms with van der Waals surface area (Å²) < 4.78 is 5.24. The molecule has 0 radical (unpaired) electrons. The molecule has 5 nitrogen and oxygen atoms in total. The Bertz CT molecular complexity index is 865. The first-order valence-corrected chi connectivity index (χ1v) is 9.17. The van der Waals surface area contributed by atoms with Crippen LogP contribution in [-0.4, -0.2) is 21.8 Å². The highest BCUT2D eigenvalue weighted by atomic mass is 35.5. The maximum absolute atomic E-state index is 11.9. The van der Waals surface area contributed by atoms with Gasteiger partial charge in [-0.05, 0) is 31.2 Å². The molecule has 1 heterocycles. The number of benzene rings is 2. The van der Waals surface area contributed by atoms with Gasteiger partial charge >= 0.3 is 0 Å². The summed E-state index contributed by atoms with van der Waals surface area (Å²) in [4.78, 5) is 16.3. The second-order valence-electron chi connectivity index (χ2n) is 5.40. The first-order chi connectivity index (χ1) is 12.1. The average Bonchev–Trinajstić information content (AvgIpc) is 3.06. The van der Waals surface area contributed by atoms with Gasteiger partial charge in [0.15, 0.2) is 5.82 Å². The van der Waals surface area contributed by atoms with Crippen LogP contribution >= 0.6 is 23.4 Å². The highest BCUT2D eigenvalue weighted by Crippen LogP contribution is 2.26. The van der Waals surface area contributed by atoms with Crippen LogP contribution in [0.5, 0.6) is 0 Å². The van der Waals surface area contributed by atoms with Crippen molar-refractivity contribution >= 4 is 35.0 Å². The standard InChI is InChI=1S/C18H16ClN3O2S/c1-12-6-8-13(9-7-12)20-17(23)11-25-10-16-21-18(24-22-16)14-4-2-3-5-15(14)19/h2-9H,10-11H2,1H3,(H,20,23).